The highest BCUT2D eigenvalue weighted by molar-refractivity contribution is 6.06. The van der Waals surface area contributed by atoms with Gasteiger partial charge in [0.05, 0.1) is 4.92 Å². The molecule has 5 nitrogen and oxygen atoms in total. The third-order valence-electron chi connectivity index (χ3n) is 4.27. The number of anilines is 1. The fraction of sp³-hybridized carbons (Fsp3) is 0.278. The highest BCUT2D eigenvalue weighted by Gasteiger charge is 2.35. The van der Waals surface area contributed by atoms with E-state index in [9.17, 15) is 14.9 Å². The molecule has 2 aromatic rings. The van der Waals surface area contributed by atoms with Crippen LogP contribution in [0.1, 0.15) is 30.1 Å². The molecule has 1 aliphatic carbocycles. The molecule has 0 unspecified atom stereocenters. The molecule has 0 aliphatic heterocycles. The van der Waals surface area contributed by atoms with E-state index in [-0.39, 0.29) is 17.6 Å². The van der Waals surface area contributed by atoms with Gasteiger partial charge in [0.1, 0.15) is 0 Å². The van der Waals surface area contributed by atoms with E-state index in [0.717, 1.165) is 18.5 Å². The minimum Gasteiger partial charge on any atom is -0.305 e. The molecule has 3 rings (SSSR count). The summed E-state index contributed by atoms with van der Waals surface area (Å²) in [6.45, 7) is 2.04. The molecule has 0 saturated heterocycles. The first-order valence-electron chi connectivity index (χ1n) is 7.71. The smallest absolute Gasteiger partial charge is 0.270 e. The molecule has 0 N–H and O–H groups in total. The summed E-state index contributed by atoms with van der Waals surface area (Å²) < 4.78 is 0. The van der Waals surface area contributed by atoms with Crippen molar-refractivity contribution in [3.8, 4) is 0 Å². The van der Waals surface area contributed by atoms with E-state index < -0.39 is 4.92 Å². The van der Waals surface area contributed by atoms with Gasteiger partial charge in [-0.1, -0.05) is 24.3 Å². The van der Waals surface area contributed by atoms with Gasteiger partial charge in [0.25, 0.3) is 11.6 Å². The molecule has 0 spiro atoms. The van der Waals surface area contributed by atoms with E-state index in [2.05, 4.69) is 0 Å². The lowest BCUT2D eigenvalue weighted by atomic mass is 10.1. The van der Waals surface area contributed by atoms with Crippen molar-refractivity contribution in [2.24, 2.45) is 5.92 Å². The van der Waals surface area contributed by atoms with Crippen LogP contribution >= 0.6 is 0 Å². The van der Waals surface area contributed by atoms with Crippen LogP contribution in [-0.4, -0.2) is 16.9 Å². The molecule has 118 valence electrons. The Labute approximate surface area is 134 Å². The number of carbonyl (C=O) groups excluding carboxylic acids is 1. The number of para-hydroxylation sites is 1. The molecule has 1 aliphatic rings. The van der Waals surface area contributed by atoms with Crippen LogP contribution in [0.5, 0.6) is 0 Å². The molecule has 0 bridgehead atoms. The van der Waals surface area contributed by atoms with E-state index in [0.29, 0.717) is 11.5 Å². The fourth-order valence-corrected chi connectivity index (χ4v) is 2.81. The van der Waals surface area contributed by atoms with Crippen molar-refractivity contribution in [2.75, 3.05) is 4.90 Å². The maximum absolute atomic E-state index is 13.0. The normalized spacial score (nSPS) is 15.0. The Balaban J connectivity index is 1.97. The third-order valence-corrected chi connectivity index (χ3v) is 4.27. The van der Waals surface area contributed by atoms with Gasteiger partial charge in [-0.05, 0) is 43.9 Å². The van der Waals surface area contributed by atoms with Gasteiger partial charge in [-0.2, -0.15) is 0 Å². The van der Waals surface area contributed by atoms with Crippen LogP contribution < -0.4 is 4.90 Å². The topological polar surface area (TPSA) is 63.5 Å². The van der Waals surface area contributed by atoms with Gasteiger partial charge < -0.3 is 4.90 Å². The standard InChI is InChI=1S/C18H18N2O3/c1-13(14-10-11-14)19(16-7-3-2-4-8-16)18(21)15-6-5-9-17(12-15)20(22)23/h2-9,12-14H,10-11H2,1H3/t13-/m1/s1. The van der Waals surface area contributed by atoms with Crippen molar-refractivity contribution in [3.05, 3.63) is 70.3 Å². The van der Waals surface area contributed by atoms with Gasteiger partial charge in [0.2, 0.25) is 0 Å². The minimum absolute atomic E-state index is 0.0667. The number of carbonyl (C=O) groups is 1. The summed E-state index contributed by atoms with van der Waals surface area (Å²) in [6.07, 6.45) is 2.24. The Hall–Kier alpha value is -2.69. The van der Waals surface area contributed by atoms with Gasteiger partial charge >= 0.3 is 0 Å². The summed E-state index contributed by atoms with van der Waals surface area (Å²) in [7, 11) is 0. The number of amides is 1. The molecule has 5 heteroatoms. The Kier molecular flexibility index (Phi) is 4.10. The summed E-state index contributed by atoms with van der Waals surface area (Å²) in [5.41, 5.74) is 1.10. The summed E-state index contributed by atoms with van der Waals surface area (Å²) in [5.74, 6) is 0.303. The molecule has 1 atom stereocenters. The van der Waals surface area contributed by atoms with Crippen molar-refractivity contribution in [1.82, 2.24) is 0 Å². The Morgan fingerprint density at radius 1 is 1.17 bits per heavy atom. The first kappa shape index (κ1) is 15.2. The van der Waals surface area contributed by atoms with Crippen LogP contribution in [0.4, 0.5) is 11.4 Å². The summed E-state index contributed by atoms with van der Waals surface area (Å²) in [4.78, 5) is 25.2. The quantitative estimate of drug-likeness (QED) is 0.618. The van der Waals surface area contributed by atoms with Crippen LogP contribution in [0.15, 0.2) is 54.6 Å². The average molecular weight is 310 g/mol. The van der Waals surface area contributed by atoms with E-state index in [1.54, 1.807) is 17.0 Å². The molecule has 0 heterocycles. The number of non-ortho nitro benzene ring substituents is 1. The van der Waals surface area contributed by atoms with Crippen molar-refractivity contribution >= 4 is 17.3 Å². The number of nitrogens with zero attached hydrogens (tertiary/aromatic N) is 2. The zero-order chi connectivity index (χ0) is 16.4. The van der Waals surface area contributed by atoms with Gasteiger partial charge in [-0.3, -0.25) is 14.9 Å². The van der Waals surface area contributed by atoms with Crippen molar-refractivity contribution in [1.29, 1.82) is 0 Å². The molecule has 1 saturated carbocycles. The average Bonchev–Trinajstić information content (AvgIpc) is 3.41. The third kappa shape index (κ3) is 3.23. The van der Waals surface area contributed by atoms with Crippen LogP contribution in [-0.2, 0) is 0 Å². The zero-order valence-corrected chi connectivity index (χ0v) is 12.9. The molecule has 0 aromatic heterocycles. The van der Waals surface area contributed by atoms with Gasteiger partial charge in [0, 0.05) is 29.4 Å². The van der Waals surface area contributed by atoms with E-state index >= 15 is 0 Å². The number of nitro groups is 1. The lowest BCUT2D eigenvalue weighted by Gasteiger charge is -2.29. The largest absolute Gasteiger partial charge is 0.305 e. The monoisotopic (exact) mass is 310 g/mol. The van der Waals surface area contributed by atoms with Crippen molar-refractivity contribution in [2.45, 2.75) is 25.8 Å². The Morgan fingerprint density at radius 3 is 2.48 bits per heavy atom. The van der Waals surface area contributed by atoms with Gasteiger partial charge in [-0.15, -0.1) is 0 Å². The highest BCUT2D eigenvalue weighted by Crippen LogP contribution is 2.37. The molecule has 23 heavy (non-hydrogen) atoms. The van der Waals surface area contributed by atoms with E-state index in [1.165, 1.54) is 12.1 Å². The van der Waals surface area contributed by atoms with Crippen molar-refractivity contribution in [3.63, 3.8) is 0 Å². The lowest BCUT2D eigenvalue weighted by Crippen LogP contribution is -2.40. The highest BCUT2D eigenvalue weighted by atomic mass is 16.6. The predicted octanol–water partition coefficient (Wildman–Crippen LogP) is 4.04. The molecular formula is C18H18N2O3. The molecule has 1 fully saturated rings. The fourth-order valence-electron chi connectivity index (χ4n) is 2.81. The number of nitro benzene ring substituents is 1. The second-order valence-corrected chi connectivity index (χ2v) is 5.90. The summed E-state index contributed by atoms with van der Waals surface area (Å²) in [6, 6.07) is 15.5. The van der Waals surface area contributed by atoms with Crippen LogP contribution in [0.2, 0.25) is 0 Å². The minimum atomic E-state index is -0.478. The maximum Gasteiger partial charge on any atom is 0.270 e. The second kappa shape index (κ2) is 6.20. The summed E-state index contributed by atoms with van der Waals surface area (Å²) >= 11 is 0. The number of benzene rings is 2. The van der Waals surface area contributed by atoms with Crippen LogP contribution in [0.25, 0.3) is 0 Å². The lowest BCUT2D eigenvalue weighted by molar-refractivity contribution is -0.384. The molecule has 1 amide bonds. The first-order chi connectivity index (χ1) is 11.1. The molecule has 2 aromatic carbocycles. The molecule has 0 radical (unpaired) electrons. The Morgan fingerprint density at radius 2 is 1.87 bits per heavy atom. The predicted molar refractivity (Wildman–Crippen MR) is 88.5 cm³/mol. The maximum atomic E-state index is 13.0. The second-order valence-electron chi connectivity index (χ2n) is 5.90. The van der Waals surface area contributed by atoms with Crippen LogP contribution in [0.3, 0.4) is 0 Å². The Bertz CT molecular complexity index is 726. The van der Waals surface area contributed by atoms with Crippen molar-refractivity contribution < 1.29 is 9.72 Å². The zero-order valence-electron chi connectivity index (χ0n) is 12.9. The van der Waals surface area contributed by atoms with E-state index in [1.807, 2.05) is 37.3 Å². The first-order valence-corrected chi connectivity index (χ1v) is 7.71. The van der Waals surface area contributed by atoms with Gasteiger partial charge in [-0.25, -0.2) is 0 Å². The number of hydrogen-bond donors (Lipinski definition) is 0. The summed E-state index contributed by atoms with van der Waals surface area (Å²) in [5, 5.41) is 10.9. The van der Waals surface area contributed by atoms with Crippen LogP contribution in [0, 0.1) is 16.0 Å². The number of hydrogen-bond acceptors (Lipinski definition) is 3. The SMILES string of the molecule is C[C@H](C1CC1)N(C(=O)c1cccc([N+](=O)[O-])c1)c1ccccc1. The number of rotatable bonds is 5. The molecular weight excluding hydrogens is 292 g/mol. The van der Waals surface area contributed by atoms with E-state index in [4.69, 9.17) is 0 Å². The van der Waals surface area contributed by atoms with Gasteiger partial charge in [0.15, 0.2) is 0 Å².